The van der Waals surface area contributed by atoms with Crippen LogP contribution in [0.1, 0.15) is 20.3 Å². The average Bonchev–Trinajstić information content (AvgIpc) is 2.76. The molecule has 5 heteroatoms. The van der Waals surface area contributed by atoms with Crippen molar-refractivity contribution in [3.8, 4) is 0 Å². The molecule has 100 valence electrons. The van der Waals surface area contributed by atoms with Crippen LogP contribution in [0.4, 0.5) is 15.8 Å². The molecule has 1 aromatic heterocycles. The van der Waals surface area contributed by atoms with Gasteiger partial charge in [0.1, 0.15) is 5.00 Å². The van der Waals surface area contributed by atoms with E-state index in [1.54, 1.807) is 6.20 Å². The van der Waals surface area contributed by atoms with Gasteiger partial charge in [0.05, 0.1) is 6.20 Å². The Kier molecular flexibility index (Phi) is 4.52. The smallest absolute Gasteiger partial charge is 0.225 e. The van der Waals surface area contributed by atoms with Gasteiger partial charge in [-0.3, -0.25) is 4.79 Å². The Morgan fingerprint density at radius 3 is 2.74 bits per heavy atom. The molecule has 1 heterocycles. The van der Waals surface area contributed by atoms with Crippen LogP contribution in [0.3, 0.4) is 0 Å². The Bertz CT molecular complexity index is 537. The summed E-state index contributed by atoms with van der Waals surface area (Å²) >= 11 is 1.43. The number of carbonyl (C=O) groups excluding carboxylic acids is 1. The van der Waals surface area contributed by atoms with E-state index < -0.39 is 0 Å². The second-order valence-corrected chi connectivity index (χ2v) is 5.70. The highest BCUT2D eigenvalue weighted by Crippen LogP contribution is 2.26. The molecule has 0 aliphatic carbocycles. The van der Waals surface area contributed by atoms with Gasteiger partial charge in [0.2, 0.25) is 5.91 Å². The third kappa shape index (κ3) is 4.37. The fourth-order valence-corrected chi connectivity index (χ4v) is 2.35. The van der Waals surface area contributed by atoms with E-state index in [1.165, 1.54) is 11.3 Å². The van der Waals surface area contributed by atoms with E-state index in [1.807, 2.05) is 44.2 Å². The van der Waals surface area contributed by atoms with Crippen LogP contribution in [-0.2, 0) is 4.79 Å². The van der Waals surface area contributed by atoms with Gasteiger partial charge in [-0.2, -0.15) is 0 Å². The Balaban J connectivity index is 1.94. The summed E-state index contributed by atoms with van der Waals surface area (Å²) in [6, 6.07) is 9.82. The lowest BCUT2D eigenvalue weighted by atomic mass is 10.1. The molecule has 0 atom stereocenters. The fourth-order valence-electron chi connectivity index (χ4n) is 1.59. The monoisotopic (exact) mass is 275 g/mol. The quantitative estimate of drug-likeness (QED) is 0.871. The highest BCUT2D eigenvalue weighted by atomic mass is 32.1. The summed E-state index contributed by atoms with van der Waals surface area (Å²) in [6.07, 6.45) is 2.20. The molecular weight excluding hydrogens is 258 g/mol. The van der Waals surface area contributed by atoms with E-state index in [9.17, 15) is 4.79 Å². The van der Waals surface area contributed by atoms with Crippen molar-refractivity contribution >= 4 is 33.1 Å². The Morgan fingerprint density at radius 2 is 2.05 bits per heavy atom. The van der Waals surface area contributed by atoms with Gasteiger partial charge >= 0.3 is 0 Å². The van der Waals surface area contributed by atoms with Gasteiger partial charge in [-0.1, -0.05) is 43.4 Å². The van der Waals surface area contributed by atoms with Crippen LogP contribution in [0.2, 0.25) is 0 Å². The lowest BCUT2D eigenvalue weighted by Gasteiger charge is -2.04. The Hall–Kier alpha value is -1.88. The minimum absolute atomic E-state index is 0.0323. The van der Waals surface area contributed by atoms with Gasteiger partial charge in [-0.25, -0.2) is 4.98 Å². The molecule has 0 saturated heterocycles. The number of nitrogens with one attached hydrogen (secondary N) is 2. The zero-order valence-electron chi connectivity index (χ0n) is 11.0. The second kappa shape index (κ2) is 6.33. The van der Waals surface area contributed by atoms with Crippen molar-refractivity contribution in [1.82, 2.24) is 4.98 Å². The summed E-state index contributed by atoms with van der Waals surface area (Å²) in [5.41, 5.74) is 0.983. The highest BCUT2D eigenvalue weighted by Gasteiger charge is 2.08. The number of aromatic nitrogens is 1. The summed E-state index contributed by atoms with van der Waals surface area (Å²) in [6.45, 7) is 4.04. The zero-order chi connectivity index (χ0) is 13.7. The minimum Gasteiger partial charge on any atom is -0.331 e. The van der Waals surface area contributed by atoms with Gasteiger partial charge in [0.25, 0.3) is 0 Å². The number of anilines is 3. The van der Waals surface area contributed by atoms with E-state index in [-0.39, 0.29) is 5.91 Å². The van der Waals surface area contributed by atoms with Crippen molar-refractivity contribution in [3.63, 3.8) is 0 Å². The van der Waals surface area contributed by atoms with Gasteiger partial charge < -0.3 is 10.6 Å². The molecular formula is C14H17N3OS. The van der Waals surface area contributed by atoms with Gasteiger partial charge in [-0.05, 0) is 18.1 Å². The predicted molar refractivity (Wildman–Crippen MR) is 79.9 cm³/mol. The number of hydrogen-bond acceptors (Lipinski definition) is 4. The minimum atomic E-state index is 0.0323. The Morgan fingerprint density at radius 1 is 1.32 bits per heavy atom. The number of amides is 1. The predicted octanol–water partition coefficient (Wildman–Crippen LogP) is 3.87. The molecule has 19 heavy (non-hydrogen) atoms. The van der Waals surface area contributed by atoms with Crippen LogP contribution >= 0.6 is 11.3 Å². The molecule has 0 spiro atoms. The number of carbonyl (C=O) groups is 1. The highest BCUT2D eigenvalue weighted by molar-refractivity contribution is 7.19. The van der Waals surface area contributed by atoms with E-state index in [4.69, 9.17) is 0 Å². The number of rotatable bonds is 5. The number of thiazole rings is 1. The van der Waals surface area contributed by atoms with Crippen LogP contribution in [-0.4, -0.2) is 10.9 Å². The molecule has 0 fully saturated rings. The molecule has 1 aromatic carbocycles. The molecule has 4 nitrogen and oxygen atoms in total. The van der Waals surface area contributed by atoms with Gasteiger partial charge in [0, 0.05) is 12.1 Å². The maximum absolute atomic E-state index is 11.6. The van der Waals surface area contributed by atoms with Crippen LogP contribution in [0.15, 0.2) is 36.5 Å². The summed E-state index contributed by atoms with van der Waals surface area (Å²) < 4.78 is 0. The first-order chi connectivity index (χ1) is 9.13. The lowest BCUT2D eigenvalue weighted by molar-refractivity contribution is -0.116. The molecule has 2 rings (SSSR count). The largest absolute Gasteiger partial charge is 0.331 e. The van der Waals surface area contributed by atoms with E-state index in [0.29, 0.717) is 12.3 Å². The third-order valence-electron chi connectivity index (χ3n) is 2.39. The lowest BCUT2D eigenvalue weighted by Crippen LogP contribution is -2.12. The normalized spacial score (nSPS) is 10.5. The van der Waals surface area contributed by atoms with Crippen molar-refractivity contribution in [1.29, 1.82) is 0 Å². The van der Waals surface area contributed by atoms with Crippen molar-refractivity contribution in [2.45, 2.75) is 20.3 Å². The first-order valence-corrected chi connectivity index (χ1v) is 7.03. The van der Waals surface area contributed by atoms with Crippen molar-refractivity contribution in [2.75, 3.05) is 10.6 Å². The van der Waals surface area contributed by atoms with E-state index in [2.05, 4.69) is 15.6 Å². The number of hydrogen-bond donors (Lipinski definition) is 2. The van der Waals surface area contributed by atoms with Crippen molar-refractivity contribution in [3.05, 3.63) is 36.5 Å². The molecule has 0 bridgehead atoms. The molecule has 0 aliphatic rings. The topological polar surface area (TPSA) is 54.0 Å². The van der Waals surface area contributed by atoms with Crippen LogP contribution in [0, 0.1) is 5.92 Å². The number of nitrogens with zero attached hydrogens (tertiary/aromatic N) is 1. The fraction of sp³-hybridized carbons (Fsp3) is 0.286. The number of para-hydroxylation sites is 1. The van der Waals surface area contributed by atoms with Crippen molar-refractivity contribution < 1.29 is 4.79 Å². The van der Waals surface area contributed by atoms with Gasteiger partial charge in [0.15, 0.2) is 5.13 Å². The standard InChI is InChI=1S/C14H17N3OS/c1-10(2)8-12(18)17-13-9-15-14(19-13)16-11-6-4-3-5-7-11/h3-7,9-10H,8H2,1-2H3,(H,15,16)(H,17,18). The van der Waals surface area contributed by atoms with Crippen LogP contribution < -0.4 is 10.6 Å². The molecule has 0 aliphatic heterocycles. The van der Waals surface area contributed by atoms with Crippen LogP contribution in [0.25, 0.3) is 0 Å². The summed E-state index contributed by atoms with van der Waals surface area (Å²) in [5.74, 6) is 0.389. The molecule has 2 aromatic rings. The number of benzene rings is 1. The summed E-state index contributed by atoms with van der Waals surface area (Å²) in [7, 11) is 0. The second-order valence-electron chi connectivity index (χ2n) is 4.67. The first-order valence-electron chi connectivity index (χ1n) is 6.21. The summed E-state index contributed by atoms with van der Waals surface area (Å²) in [4.78, 5) is 15.9. The zero-order valence-corrected chi connectivity index (χ0v) is 11.8. The van der Waals surface area contributed by atoms with Gasteiger partial charge in [-0.15, -0.1) is 0 Å². The Labute approximate surface area is 116 Å². The average molecular weight is 275 g/mol. The summed E-state index contributed by atoms with van der Waals surface area (Å²) in [5, 5.41) is 7.59. The van der Waals surface area contributed by atoms with E-state index >= 15 is 0 Å². The van der Waals surface area contributed by atoms with Crippen molar-refractivity contribution in [2.24, 2.45) is 5.92 Å². The maximum atomic E-state index is 11.6. The molecule has 1 amide bonds. The molecule has 2 N–H and O–H groups in total. The SMILES string of the molecule is CC(C)CC(=O)Nc1cnc(Nc2ccccc2)s1. The first kappa shape index (κ1) is 13.5. The molecule has 0 saturated carbocycles. The maximum Gasteiger partial charge on any atom is 0.225 e. The molecule has 0 radical (unpaired) electrons. The molecule has 0 unspecified atom stereocenters. The third-order valence-corrected chi connectivity index (χ3v) is 3.22. The van der Waals surface area contributed by atoms with E-state index in [0.717, 1.165) is 15.8 Å². The van der Waals surface area contributed by atoms with Crippen LogP contribution in [0.5, 0.6) is 0 Å².